The van der Waals surface area contributed by atoms with Gasteiger partial charge in [0.2, 0.25) is 15.4 Å². The van der Waals surface area contributed by atoms with E-state index in [0.29, 0.717) is 22.9 Å². The van der Waals surface area contributed by atoms with Crippen LogP contribution in [0, 0.1) is 5.92 Å². The molecule has 58 heavy (non-hydrogen) atoms. The van der Waals surface area contributed by atoms with E-state index in [1.807, 2.05) is 41.7 Å². The molecule has 6 rings (SSSR count). The summed E-state index contributed by atoms with van der Waals surface area (Å²) >= 11 is 3.78. The molecule has 0 amide bonds. The van der Waals surface area contributed by atoms with Crippen molar-refractivity contribution in [1.82, 2.24) is 9.30 Å². The molecule has 1 aliphatic heterocycles. The molecule has 0 saturated carbocycles. The lowest BCUT2D eigenvalue weighted by Gasteiger charge is -2.25. The van der Waals surface area contributed by atoms with Gasteiger partial charge in [0.1, 0.15) is 24.9 Å². The largest absolute Gasteiger partial charge is 0.456 e. The summed E-state index contributed by atoms with van der Waals surface area (Å²) in [5.74, 6) is 3.09. The summed E-state index contributed by atoms with van der Waals surface area (Å²) in [5, 5.41) is 1.95. The standard InChI is InChI=1S/C49H60N3O3S3/c1-5-8-19-38(7-3)37-50-58(53,54)48-25-16-15-24-45(48)49-43-28-26-39(51(4)31-17-33-56-41-20-11-9-12-21-41)35-46(43)55-47-36-40(27-29-44(47)49)52(30-6-2)32-18-34-57-42-22-13-10-14-23-42/h9-16,20-29,35-36,38,50H,5-8,17-19,30-34,37H2,1-4H3/q+1. The summed E-state index contributed by atoms with van der Waals surface area (Å²) in [5.41, 5.74) is 4.29. The van der Waals surface area contributed by atoms with Gasteiger partial charge in [0.05, 0.1) is 11.0 Å². The highest BCUT2D eigenvalue weighted by Gasteiger charge is 2.26. The Bertz CT molecular complexity index is 2350. The van der Waals surface area contributed by atoms with Crippen molar-refractivity contribution in [2.75, 3.05) is 49.6 Å². The van der Waals surface area contributed by atoms with Gasteiger partial charge in [0.25, 0.3) is 0 Å². The van der Waals surface area contributed by atoms with Crippen molar-refractivity contribution >= 4 is 50.2 Å². The van der Waals surface area contributed by atoms with E-state index in [-0.39, 0.29) is 0 Å². The molecule has 0 bridgehead atoms. The maximum Gasteiger partial charge on any atom is 0.241 e. The quantitative estimate of drug-likeness (QED) is 0.0318. The summed E-state index contributed by atoms with van der Waals surface area (Å²) in [6.07, 6.45) is 7.25. The summed E-state index contributed by atoms with van der Waals surface area (Å²) in [6, 6.07) is 41.4. The molecule has 1 aliphatic carbocycles. The lowest BCUT2D eigenvalue weighted by atomic mass is 9.93. The number of unbranched alkanes of at least 4 members (excludes halogenated alkanes) is 1. The molecule has 4 aromatic carbocycles. The number of anilines is 1. The van der Waals surface area contributed by atoms with Crippen molar-refractivity contribution in [3.8, 4) is 22.5 Å². The van der Waals surface area contributed by atoms with Crippen LogP contribution in [0.5, 0.6) is 0 Å². The second-order valence-electron chi connectivity index (χ2n) is 15.0. The topological polar surface area (TPSA) is 65.6 Å². The van der Waals surface area contributed by atoms with Crippen LogP contribution in [0.2, 0.25) is 0 Å². The molecule has 1 N–H and O–H groups in total. The van der Waals surface area contributed by atoms with Gasteiger partial charge in [-0.2, -0.15) is 0 Å². The normalized spacial score (nSPS) is 12.9. The van der Waals surface area contributed by atoms with Crippen LogP contribution in [-0.4, -0.2) is 53.2 Å². The highest BCUT2D eigenvalue weighted by atomic mass is 32.2. The van der Waals surface area contributed by atoms with E-state index in [4.69, 9.17) is 4.42 Å². The fourth-order valence-corrected chi connectivity index (χ4v) is 10.5. The number of rotatable bonds is 22. The Morgan fingerprint density at radius 3 is 2.10 bits per heavy atom. The first-order valence-electron chi connectivity index (χ1n) is 21.1. The Morgan fingerprint density at radius 2 is 1.41 bits per heavy atom. The van der Waals surface area contributed by atoms with Crippen LogP contribution in [0.15, 0.2) is 140 Å². The first-order chi connectivity index (χ1) is 28.3. The highest BCUT2D eigenvalue weighted by molar-refractivity contribution is 7.99. The number of hydrogen-bond donors (Lipinski definition) is 1. The fraction of sp³-hybridized carbons (Fsp3) is 0.367. The predicted molar refractivity (Wildman–Crippen MR) is 249 cm³/mol. The van der Waals surface area contributed by atoms with Gasteiger partial charge >= 0.3 is 0 Å². The van der Waals surface area contributed by atoms with Crippen molar-refractivity contribution < 1.29 is 12.8 Å². The van der Waals surface area contributed by atoms with Gasteiger partial charge in [-0.25, -0.2) is 17.7 Å². The average molecular weight is 835 g/mol. The van der Waals surface area contributed by atoms with Gasteiger partial charge < -0.3 is 9.32 Å². The van der Waals surface area contributed by atoms with E-state index in [1.165, 1.54) is 9.79 Å². The lowest BCUT2D eigenvalue weighted by molar-refractivity contribution is 0.444. The Morgan fingerprint density at radius 1 is 0.724 bits per heavy atom. The second-order valence-corrected chi connectivity index (χ2v) is 19.1. The van der Waals surface area contributed by atoms with E-state index >= 15 is 0 Å². The number of sulfonamides is 1. The smallest absolute Gasteiger partial charge is 0.241 e. The van der Waals surface area contributed by atoms with E-state index in [0.717, 1.165) is 115 Å². The first-order valence-corrected chi connectivity index (χ1v) is 24.5. The molecule has 1 unspecified atom stereocenters. The van der Waals surface area contributed by atoms with Gasteiger partial charge in [-0.3, -0.25) is 0 Å². The lowest BCUT2D eigenvalue weighted by Crippen LogP contribution is -2.29. The maximum atomic E-state index is 14.2. The molecule has 6 nitrogen and oxygen atoms in total. The fourth-order valence-electron chi connectivity index (χ4n) is 7.49. The number of fused-ring (bicyclic) bond motifs is 2. The van der Waals surface area contributed by atoms with Gasteiger partial charge in [-0.15, -0.1) is 23.5 Å². The molecule has 4 aromatic rings. The van der Waals surface area contributed by atoms with E-state index in [1.54, 1.807) is 6.07 Å². The van der Waals surface area contributed by atoms with Crippen LogP contribution in [0.4, 0.5) is 5.69 Å². The minimum atomic E-state index is -3.82. The van der Waals surface area contributed by atoms with Crippen LogP contribution in [0.3, 0.4) is 0 Å². The molecule has 0 aromatic heterocycles. The molecular weight excluding hydrogens is 775 g/mol. The van der Waals surface area contributed by atoms with Gasteiger partial charge in [0, 0.05) is 81.5 Å². The van der Waals surface area contributed by atoms with Gasteiger partial charge in [0.15, 0.2) is 0 Å². The van der Waals surface area contributed by atoms with Crippen LogP contribution in [0.25, 0.3) is 33.4 Å². The van der Waals surface area contributed by atoms with E-state index in [9.17, 15) is 8.42 Å². The average Bonchev–Trinajstić information content (AvgIpc) is 3.25. The number of hydrogen-bond acceptors (Lipinski definition) is 6. The predicted octanol–water partition coefficient (Wildman–Crippen LogP) is 11.7. The van der Waals surface area contributed by atoms with Crippen molar-refractivity contribution in [2.45, 2.75) is 80.4 Å². The molecule has 0 spiro atoms. The van der Waals surface area contributed by atoms with Gasteiger partial charge in [-0.05, 0) is 79.5 Å². The second kappa shape index (κ2) is 21.8. The Balaban J connectivity index is 1.38. The summed E-state index contributed by atoms with van der Waals surface area (Å²) in [6.45, 7) is 9.73. The molecule has 9 heteroatoms. The monoisotopic (exact) mass is 834 g/mol. The first kappa shape index (κ1) is 43.6. The summed E-state index contributed by atoms with van der Waals surface area (Å²) in [4.78, 5) is 5.33. The maximum absolute atomic E-state index is 14.2. The third-order valence-electron chi connectivity index (χ3n) is 10.8. The number of benzene rings is 5. The molecule has 0 saturated heterocycles. The number of nitrogens with zero attached hydrogens (tertiary/aromatic N) is 2. The molecular formula is C49H60N3O3S3+. The van der Waals surface area contributed by atoms with Crippen LogP contribution in [-0.2, 0) is 10.0 Å². The molecule has 1 atom stereocenters. The zero-order valence-electron chi connectivity index (χ0n) is 34.7. The summed E-state index contributed by atoms with van der Waals surface area (Å²) in [7, 11) is -1.69. The minimum absolute atomic E-state index is 0.291. The van der Waals surface area contributed by atoms with Crippen molar-refractivity contribution in [3.63, 3.8) is 0 Å². The number of nitrogens with one attached hydrogen (secondary N) is 1. The molecule has 2 aliphatic rings. The molecule has 306 valence electrons. The minimum Gasteiger partial charge on any atom is -0.456 e. The van der Waals surface area contributed by atoms with Crippen molar-refractivity contribution in [2.24, 2.45) is 5.92 Å². The van der Waals surface area contributed by atoms with E-state index < -0.39 is 10.0 Å². The van der Waals surface area contributed by atoms with Gasteiger partial charge in [-0.1, -0.05) is 94.6 Å². The molecule has 1 heterocycles. The zero-order chi connectivity index (χ0) is 40.7. The summed E-state index contributed by atoms with van der Waals surface area (Å²) < 4.78 is 40.6. The Hall–Kier alpha value is -4.02. The molecule has 0 fully saturated rings. The Labute approximate surface area is 355 Å². The van der Waals surface area contributed by atoms with Crippen molar-refractivity contribution in [1.29, 1.82) is 0 Å². The van der Waals surface area contributed by atoms with E-state index in [2.05, 4.69) is 139 Å². The van der Waals surface area contributed by atoms with Crippen molar-refractivity contribution in [3.05, 3.63) is 127 Å². The third-order valence-corrected chi connectivity index (χ3v) is 14.5. The Kier molecular flexibility index (Phi) is 16.4. The number of thioether (sulfide) groups is 2. The third kappa shape index (κ3) is 11.6. The highest BCUT2D eigenvalue weighted by Crippen LogP contribution is 2.43. The molecule has 0 radical (unpaired) electrons. The van der Waals surface area contributed by atoms with Crippen LogP contribution < -0.4 is 19.6 Å². The van der Waals surface area contributed by atoms with Crippen LogP contribution >= 0.6 is 23.5 Å². The SMILES string of the molecule is CCCCC(CC)CNS(=O)(=O)c1ccccc1-c1c2ccc(=[N+](C)CCCSc3ccccc3)cc-2oc2cc(N(CCC)CCCSc3ccccc3)ccc12. The van der Waals surface area contributed by atoms with Crippen LogP contribution in [0.1, 0.15) is 65.7 Å². The zero-order valence-corrected chi connectivity index (χ0v) is 37.1.